The van der Waals surface area contributed by atoms with E-state index in [1.165, 1.54) is 24.1 Å². The number of carbonyl (C=O) groups is 1. The Balaban J connectivity index is 1.31. The van der Waals surface area contributed by atoms with Gasteiger partial charge in [-0.2, -0.15) is 0 Å². The van der Waals surface area contributed by atoms with E-state index in [2.05, 4.69) is 34.1 Å². The van der Waals surface area contributed by atoms with E-state index in [0.717, 1.165) is 57.1 Å². The Hall–Kier alpha value is -2.53. The summed E-state index contributed by atoms with van der Waals surface area (Å²) in [6, 6.07) is 16.4. The Morgan fingerprint density at radius 2 is 1.59 bits per heavy atom. The molecule has 0 aromatic heterocycles. The van der Waals surface area contributed by atoms with Crippen molar-refractivity contribution in [2.24, 2.45) is 0 Å². The Morgan fingerprint density at radius 3 is 2.28 bits per heavy atom. The van der Waals surface area contributed by atoms with Crippen LogP contribution in [0.25, 0.3) is 0 Å². The maximum atomic E-state index is 12.9. The van der Waals surface area contributed by atoms with Crippen LogP contribution in [0.15, 0.2) is 48.5 Å². The summed E-state index contributed by atoms with van der Waals surface area (Å²) in [5.74, 6) is 1.11. The summed E-state index contributed by atoms with van der Waals surface area (Å²) in [6.45, 7) is 9.11. The Labute approximate surface area is 173 Å². The standard InChI is InChI=1S/C24H31N3O2/c1-2-29-23-8-4-3-7-21(23)19-25-15-17-27(18-16-25)24(28)20-9-11-22(12-10-20)26-13-5-6-14-26/h3-4,7-12H,2,5-6,13-19H2,1H3. The van der Waals surface area contributed by atoms with Crippen LogP contribution in [0.2, 0.25) is 0 Å². The zero-order valence-corrected chi connectivity index (χ0v) is 17.3. The number of benzene rings is 2. The van der Waals surface area contributed by atoms with E-state index in [1.807, 2.05) is 36.1 Å². The number of piperazine rings is 1. The highest BCUT2D eigenvalue weighted by Gasteiger charge is 2.23. The van der Waals surface area contributed by atoms with Crippen molar-refractivity contribution in [2.75, 3.05) is 50.8 Å². The molecular formula is C24H31N3O2. The van der Waals surface area contributed by atoms with Crippen molar-refractivity contribution in [3.05, 3.63) is 59.7 Å². The molecule has 4 rings (SSSR count). The summed E-state index contributed by atoms with van der Waals surface area (Å²) in [4.78, 5) is 19.7. The van der Waals surface area contributed by atoms with Crippen molar-refractivity contribution >= 4 is 11.6 Å². The first kappa shape index (κ1) is 19.8. The average molecular weight is 394 g/mol. The second-order valence-electron chi connectivity index (χ2n) is 7.85. The fourth-order valence-electron chi connectivity index (χ4n) is 4.25. The van der Waals surface area contributed by atoms with Gasteiger partial charge in [0.25, 0.3) is 5.91 Å². The molecule has 2 saturated heterocycles. The molecule has 0 spiro atoms. The van der Waals surface area contributed by atoms with E-state index in [1.54, 1.807) is 0 Å². The van der Waals surface area contributed by atoms with Crippen LogP contribution in [0.4, 0.5) is 5.69 Å². The van der Waals surface area contributed by atoms with Crippen molar-refractivity contribution in [3.63, 3.8) is 0 Å². The van der Waals surface area contributed by atoms with E-state index >= 15 is 0 Å². The second-order valence-corrected chi connectivity index (χ2v) is 7.85. The van der Waals surface area contributed by atoms with Gasteiger partial charge in [-0.3, -0.25) is 9.69 Å². The molecule has 0 N–H and O–H groups in total. The maximum Gasteiger partial charge on any atom is 0.253 e. The lowest BCUT2D eigenvalue weighted by Crippen LogP contribution is -2.48. The summed E-state index contributed by atoms with van der Waals surface area (Å²) in [6.07, 6.45) is 2.53. The van der Waals surface area contributed by atoms with Crippen molar-refractivity contribution in [3.8, 4) is 5.75 Å². The number of rotatable bonds is 6. The molecule has 5 nitrogen and oxygen atoms in total. The molecular weight excluding hydrogens is 362 g/mol. The molecule has 2 aliphatic heterocycles. The number of anilines is 1. The highest BCUT2D eigenvalue weighted by atomic mass is 16.5. The number of amides is 1. The molecule has 2 fully saturated rings. The van der Waals surface area contributed by atoms with Crippen molar-refractivity contribution in [1.29, 1.82) is 0 Å². The van der Waals surface area contributed by atoms with Gasteiger partial charge in [-0.25, -0.2) is 0 Å². The fraction of sp³-hybridized carbons (Fsp3) is 0.458. The molecule has 2 aliphatic rings. The van der Waals surface area contributed by atoms with E-state index in [9.17, 15) is 4.79 Å². The summed E-state index contributed by atoms with van der Waals surface area (Å²) >= 11 is 0. The van der Waals surface area contributed by atoms with Gasteiger partial charge in [-0.05, 0) is 50.1 Å². The van der Waals surface area contributed by atoms with Crippen LogP contribution in [0.5, 0.6) is 5.75 Å². The Kier molecular flexibility index (Phi) is 6.35. The minimum absolute atomic E-state index is 0.146. The molecule has 2 aromatic rings. The second kappa shape index (κ2) is 9.31. The lowest BCUT2D eigenvalue weighted by atomic mass is 10.1. The Bertz CT molecular complexity index is 807. The van der Waals surface area contributed by atoms with Gasteiger partial charge in [-0.15, -0.1) is 0 Å². The summed E-state index contributed by atoms with van der Waals surface area (Å²) in [5, 5.41) is 0. The molecule has 0 bridgehead atoms. The minimum atomic E-state index is 0.146. The third-order valence-electron chi connectivity index (χ3n) is 5.91. The summed E-state index contributed by atoms with van der Waals surface area (Å²) < 4.78 is 5.75. The van der Waals surface area contributed by atoms with Crippen LogP contribution in [0.1, 0.15) is 35.7 Å². The van der Waals surface area contributed by atoms with Gasteiger partial charge in [0.15, 0.2) is 0 Å². The third kappa shape index (κ3) is 4.73. The number of carbonyl (C=O) groups excluding carboxylic acids is 1. The SMILES string of the molecule is CCOc1ccccc1CN1CCN(C(=O)c2ccc(N3CCCC3)cc2)CC1. The first-order chi connectivity index (χ1) is 14.2. The number of nitrogens with zero attached hydrogens (tertiary/aromatic N) is 3. The molecule has 0 saturated carbocycles. The van der Waals surface area contributed by atoms with E-state index < -0.39 is 0 Å². The number of hydrogen-bond donors (Lipinski definition) is 0. The average Bonchev–Trinajstić information content (AvgIpc) is 3.30. The maximum absolute atomic E-state index is 12.9. The van der Waals surface area contributed by atoms with Gasteiger partial charge < -0.3 is 14.5 Å². The van der Waals surface area contributed by atoms with E-state index in [0.29, 0.717) is 6.61 Å². The van der Waals surface area contributed by atoms with Crippen LogP contribution in [-0.4, -0.2) is 61.6 Å². The van der Waals surface area contributed by atoms with Crippen LogP contribution < -0.4 is 9.64 Å². The summed E-state index contributed by atoms with van der Waals surface area (Å²) in [5.41, 5.74) is 3.24. The lowest BCUT2D eigenvalue weighted by Gasteiger charge is -2.35. The van der Waals surface area contributed by atoms with Crippen molar-refractivity contribution in [1.82, 2.24) is 9.80 Å². The zero-order chi connectivity index (χ0) is 20.1. The van der Waals surface area contributed by atoms with Crippen LogP contribution >= 0.6 is 0 Å². The van der Waals surface area contributed by atoms with Crippen molar-refractivity contribution < 1.29 is 9.53 Å². The fourth-order valence-corrected chi connectivity index (χ4v) is 4.25. The molecule has 1 amide bonds. The predicted octanol–water partition coefficient (Wildman–Crippen LogP) is 3.64. The molecule has 2 aromatic carbocycles. The smallest absolute Gasteiger partial charge is 0.253 e. The molecule has 0 unspecified atom stereocenters. The number of ether oxygens (including phenoxy) is 1. The quantitative estimate of drug-likeness (QED) is 0.751. The minimum Gasteiger partial charge on any atom is -0.494 e. The first-order valence-electron chi connectivity index (χ1n) is 10.8. The molecule has 0 radical (unpaired) electrons. The van der Waals surface area contributed by atoms with Crippen molar-refractivity contribution in [2.45, 2.75) is 26.3 Å². The van der Waals surface area contributed by atoms with Gasteiger partial charge in [0.05, 0.1) is 6.61 Å². The Morgan fingerprint density at radius 1 is 0.897 bits per heavy atom. The lowest BCUT2D eigenvalue weighted by molar-refractivity contribution is 0.0627. The zero-order valence-electron chi connectivity index (χ0n) is 17.3. The van der Waals surface area contributed by atoms with Gasteiger partial charge in [0, 0.05) is 62.6 Å². The molecule has 5 heteroatoms. The van der Waals surface area contributed by atoms with E-state index in [4.69, 9.17) is 4.74 Å². The van der Waals surface area contributed by atoms with Crippen LogP contribution in [-0.2, 0) is 6.54 Å². The summed E-state index contributed by atoms with van der Waals surface area (Å²) in [7, 11) is 0. The molecule has 29 heavy (non-hydrogen) atoms. The van der Waals surface area contributed by atoms with E-state index in [-0.39, 0.29) is 5.91 Å². The van der Waals surface area contributed by atoms with Gasteiger partial charge in [-0.1, -0.05) is 18.2 Å². The van der Waals surface area contributed by atoms with Gasteiger partial charge >= 0.3 is 0 Å². The van der Waals surface area contributed by atoms with Crippen LogP contribution in [0.3, 0.4) is 0 Å². The largest absolute Gasteiger partial charge is 0.494 e. The number of hydrogen-bond acceptors (Lipinski definition) is 4. The molecule has 0 aliphatic carbocycles. The normalized spacial score (nSPS) is 17.6. The van der Waals surface area contributed by atoms with Gasteiger partial charge in [0.1, 0.15) is 5.75 Å². The third-order valence-corrected chi connectivity index (χ3v) is 5.91. The monoisotopic (exact) mass is 393 g/mol. The number of para-hydroxylation sites is 1. The predicted molar refractivity (Wildman–Crippen MR) is 117 cm³/mol. The molecule has 154 valence electrons. The first-order valence-corrected chi connectivity index (χ1v) is 10.8. The highest BCUT2D eigenvalue weighted by molar-refractivity contribution is 5.94. The molecule has 2 heterocycles. The van der Waals surface area contributed by atoms with Gasteiger partial charge in [0.2, 0.25) is 0 Å². The topological polar surface area (TPSA) is 36.0 Å². The van der Waals surface area contributed by atoms with Crippen LogP contribution in [0, 0.1) is 0 Å². The molecule has 0 atom stereocenters. The highest BCUT2D eigenvalue weighted by Crippen LogP contribution is 2.23.